The molecule has 0 aliphatic heterocycles. The Morgan fingerprint density at radius 3 is 2.52 bits per heavy atom. The molecule has 4 rings (SSSR count). The first-order chi connectivity index (χ1) is 13.3. The van der Waals surface area contributed by atoms with Gasteiger partial charge in [0.15, 0.2) is 0 Å². The van der Waals surface area contributed by atoms with E-state index in [-0.39, 0.29) is 5.91 Å². The fraction of sp³-hybridized carbons (Fsp3) is 0.130. The van der Waals surface area contributed by atoms with Crippen LogP contribution in [0.25, 0.3) is 10.9 Å². The third-order valence-corrected chi connectivity index (χ3v) is 5.41. The SMILES string of the molecule is O=C(c1ccc2ccccc2n1)N(CCc1ccccc1)Cc1cccs1. The summed E-state index contributed by atoms with van der Waals surface area (Å²) in [5.41, 5.74) is 2.58. The van der Waals surface area contributed by atoms with Crippen LogP contribution in [0.15, 0.2) is 84.2 Å². The van der Waals surface area contributed by atoms with Crippen molar-refractivity contribution in [3.63, 3.8) is 0 Å². The van der Waals surface area contributed by atoms with Crippen LogP contribution in [-0.4, -0.2) is 22.3 Å². The first-order valence-corrected chi connectivity index (χ1v) is 9.89. The standard InChI is InChI=1S/C23H20N2OS/c26-23(22-13-12-19-9-4-5-11-21(19)24-22)25(17-20-10-6-16-27-20)15-14-18-7-2-1-3-8-18/h1-13,16H,14-15,17H2. The molecule has 4 heteroatoms. The summed E-state index contributed by atoms with van der Waals surface area (Å²) >= 11 is 1.67. The van der Waals surface area contributed by atoms with Crippen molar-refractivity contribution in [1.29, 1.82) is 0 Å². The van der Waals surface area contributed by atoms with E-state index in [9.17, 15) is 4.79 Å². The van der Waals surface area contributed by atoms with Crippen LogP contribution in [0.2, 0.25) is 0 Å². The molecule has 0 radical (unpaired) electrons. The second-order valence-corrected chi connectivity index (χ2v) is 7.46. The predicted molar refractivity (Wildman–Crippen MR) is 111 cm³/mol. The minimum atomic E-state index is -0.0231. The summed E-state index contributed by atoms with van der Waals surface area (Å²) in [5, 5.41) is 3.09. The number of nitrogens with zero attached hydrogens (tertiary/aromatic N) is 2. The summed E-state index contributed by atoms with van der Waals surface area (Å²) < 4.78 is 0. The Labute approximate surface area is 162 Å². The molecule has 2 aromatic heterocycles. The zero-order valence-electron chi connectivity index (χ0n) is 14.9. The molecule has 0 aliphatic rings. The zero-order valence-corrected chi connectivity index (χ0v) is 15.7. The molecule has 134 valence electrons. The minimum absolute atomic E-state index is 0.0231. The third-order valence-electron chi connectivity index (χ3n) is 4.54. The number of fused-ring (bicyclic) bond motifs is 1. The molecule has 0 saturated carbocycles. The van der Waals surface area contributed by atoms with Gasteiger partial charge in [0.25, 0.3) is 5.91 Å². The average molecular weight is 372 g/mol. The highest BCUT2D eigenvalue weighted by Crippen LogP contribution is 2.17. The summed E-state index contributed by atoms with van der Waals surface area (Å²) in [6.45, 7) is 1.27. The highest BCUT2D eigenvalue weighted by Gasteiger charge is 2.18. The van der Waals surface area contributed by atoms with Gasteiger partial charge in [-0.05, 0) is 35.6 Å². The molecule has 1 amide bonds. The third kappa shape index (κ3) is 4.23. The molecule has 0 N–H and O–H groups in total. The fourth-order valence-electron chi connectivity index (χ4n) is 3.10. The van der Waals surface area contributed by atoms with Gasteiger partial charge in [-0.1, -0.05) is 60.7 Å². The van der Waals surface area contributed by atoms with E-state index >= 15 is 0 Å². The predicted octanol–water partition coefficient (Wildman–Crippen LogP) is 5.18. The first kappa shape index (κ1) is 17.4. The molecule has 0 fully saturated rings. The van der Waals surface area contributed by atoms with Crippen LogP contribution in [0.1, 0.15) is 20.9 Å². The zero-order chi connectivity index (χ0) is 18.5. The molecule has 0 aliphatic carbocycles. The van der Waals surface area contributed by atoms with Crippen molar-refractivity contribution < 1.29 is 4.79 Å². The van der Waals surface area contributed by atoms with Crippen LogP contribution in [-0.2, 0) is 13.0 Å². The molecule has 0 atom stereocenters. The van der Waals surface area contributed by atoms with Gasteiger partial charge in [0.2, 0.25) is 0 Å². The lowest BCUT2D eigenvalue weighted by Gasteiger charge is -2.22. The fourth-order valence-corrected chi connectivity index (χ4v) is 3.82. The van der Waals surface area contributed by atoms with E-state index in [4.69, 9.17) is 0 Å². The molecule has 2 heterocycles. The van der Waals surface area contributed by atoms with Crippen LogP contribution in [0.5, 0.6) is 0 Å². The van der Waals surface area contributed by atoms with Gasteiger partial charge in [-0.2, -0.15) is 0 Å². The lowest BCUT2D eigenvalue weighted by molar-refractivity contribution is 0.0741. The van der Waals surface area contributed by atoms with Gasteiger partial charge in [-0.3, -0.25) is 4.79 Å². The molecular weight excluding hydrogens is 352 g/mol. The van der Waals surface area contributed by atoms with Crippen molar-refractivity contribution in [1.82, 2.24) is 9.88 Å². The molecule has 0 bridgehead atoms. The number of thiophene rings is 1. The second kappa shape index (κ2) is 8.14. The van der Waals surface area contributed by atoms with E-state index < -0.39 is 0 Å². The first-order valence-electron chi connectivity index (χ1n) is 9.01. The van der Waals surface area contributed by atoms with E-state index in [2.05, 4.69) is 23.2 Å². The van der Waals surface area contributed by atoms with Crippen LogP contribution in [0.3, 0.4) is 0 Å². The Morgan fingerprint density at radius 2 is 1.70 bits per heavy atom. The number of carbonyl (C=O) groups excluding carboxylic acids is 1. The van der Waals surface area contributed by atoms with Gasteiger partial charge in [0.05, 0.1) is 12.1 Å². The lowest BCUT2D eigenvalue weighted by atomic mass is 10.1. The number of carbonyl (C=O) groups is 1. The van der Waals surface area contributed by atoms with Gasteiger partial charge in [0, 0.05) is 16.8 Å². The smallest absolute Gasteiger partial charge is 0.272 e. The van der Waals surface area contributed by atoms with Crippen molar-refractivity contribution in [3.8, 4) is 0 Å². The van der Waals surface area contributed by atoms with E-state index in [0.29, 0.717) is 18.8 Å². The summed E-state index contributed by atoms with van der Waals surface area (Å²) in [7, 11) is 0. The number of benzene rings is 2. The highest BCUT2D eigenvalue weighted by atomic mass is 32.1. The second-order valence-electron chi connectivity index (χ2n) is 6.43. The summed E-state index contributed by atoms with van der Waals surface area (Å²) in [4.78, 5) is 20.9. The Kier molecular flexibility index (Phi) is 5.26. The van der Waals surface area contributed by atoms with Gasteiger partial charge < -0.3 is 4.90 Å². The van der Waals surface area contributed by atoms with E-state index in [1.165, 1.54) is 10.4 Å². The minimum Gasteiger partial charge on any atom is -0.332 e. The quantitative estimate of drug-likeness (QED) is 0.467. The number of hydrogen-bond acceptors (Lipinski definition) is 3. The molecule has 0 saturated heterocycles. The molecular formula is C23H20N2OS. The normalized spacial score (nSPS) is 10.8. The van der Waals surface area contributed by atoms with E-state index in [0.717, 1.165) is 17.3 Å². The Hall–Kier alpha value is -2.98. The molecule has 27 heavy (non-hydrogen) atoms. The van der Waals surface area contributed by atoms with Crippen LogP contribution in [0, 0.1) is 0 Å². The van der Waals surface area contributed by atoms with Gasteiger partial charge >= 0.3 is 0 Å². The number of rotatable bonds is 6. The molecule has 0 unspecified atom stereocenters. The Morgan fingerprint density at radius 1 is 0.889 bits per heavy atom. The van der Waals surface area contributed by atoms with Gasteiger partial charge in [-0.15, -0.1) is 11.3 Å². The number of para-hydroxylation sites is 1. The number of pyridine rings is 1. The average Bonchev–Trinajstić information content (AvgIpc) is 3.24. The highest BCUT2D eigenvalue weighted by molar-refractivity contribution is 7.09. The van der Waals surface area contributed by atoms with Gasteiger partial charge in [-0.25, -0.2) is 4.98 Å². The lowest BCUT2D eigenvalue weighted by Crippen LogP contribution is -2.32. The topological polar surface area (TPSA) is 33.2 Å². The van der Waals surface area contributed by atoms with Crippen molar-refractivity contribution in [2.75, 3.05) is 6.54 Å². The van der Waals surface area contributed by atoms with Crippen LogP contribution < -0.4 is 0 Å². The van der Waals surface area contributed by atoms with Crippen molar-refractivity contribution in [3.05, 3.63) is 100 Å². The van der Waals surface area contributed by atoms with Crippen LogP contribution in [0.4, 0.5) is 0 Å². The Bertz CT molecular complexity index is 1030. The number of aromatic nitrogens is 1. The van der Waals surface area contributed by atoms with Crippen molar-refractivity contribution in [2.45, 2.75) is 13.0 Å². The monoisotopic (exact) mass is 372 g/mol. The maximum Gasteiger partial charge on any atom is 0.272 e. The van der Waals surface area contributed by atoms with E-state index in [1.54, 1.807) is 11.3 Å². The van der Waals surface area contributed by atoms with Crippen LogP contribution >= 0.6 is 11.3 Å². The summed E-state index contributed by atoms with van der Waals surface area (Å²) in [5.74, 6) is -0.0231. The molecule has 0 spiro atoms. The van der Waals surface area contributed by atoms with E-state index in [1.807, 2.05) is 70.9 Å². The summed E-state index contributed by atoms with van der Waals surface area (Å²) in [6, 6.07) is 26.0. The number of amides is 1. The molecule has 2 aromatic carbocycles. The van der Waals surface area contributed by atoms with Crippen molar-refractivity contribution in [2.24, 2.45) is 0 Å². The van der Waals surface area contributed by atoms with Gasteiger partial charge in [0.1, 0.15) is 5.69 Å². The summed E-state index contributed by atoms with van der Waals surface area (Å²) in [6.07, 6.45) is 0.825. The Balaban J connectivity index is 1.58. The van der Waals surface area contributed by atoms with Crippen molar-refractivity contribution >= 4 is 28.1 Å². The number of hydrogen-bond donors (Lipinski definition) is 0. The molecule has 3 nitrogen and oxygen atoms in total. The largest absolute Gasteiger partial charge is 0.332 e. The maximum absolute atomic E-state index is 13.2. The maximum atomic E-state index is 13.2. The molecule has 4 aromatic rings.